The van der Waals surface area contributed by atoms with Gasteiger partial charge >= 0.3 is 0 Å². The number of carbonyl (C=O) groups is 1. The Balaban J connectivity index is 3.79. The summed E-state index contributed by atoms with van der Waals surface area (Å²) in [7, 11) is 0. The minimum absolute atomic E-state index is 0.0524. The van der Waals surface area contributed by atoms with Crippen LogP contribution < -0.4 is 5.32 Å². The van der Waals surface area contributed by atoms with E-state index in [-0.39, 0.29) is 12.5 Å². The average molecular weight is 183 g/mol. The van der Waals surface area contributed by atoms with Crippen LogP contribution >= 0.6 is 0 Å². The van der Waals surface area contributed by atoms with E-state index >= 15 is 0 Å². The summed E-state index contributed by atoms with van der Waals surface area (Å²) in [6.45, 7) is 4.76. The molecule has 0 unspecified atom stereocenters. The molecule has 0 aromatic heterocycles. The molecule has 0 atom stereocenters. The van der Waals surface area contributed by atoms with Crippen LogP contribution in [0, 0.1) is 5.41 Å². The van der Waals surface area contributed by atoms with Gasteiger partial charge in [-0.25, -0.2) is 0 Å². The maximum atomic E-state index is 11.2. The molecule has 0 rings (SSSR count). The summed E-state index contributed by atoms with van der Waals surface area (Å²) in [6.07, 6.45) is 5.54. The molecule has 0 spiro atoms. The van der Waals surface area contributed by atoms with Crippen LogP contribution in [0.25, 0.3) is 0 Å². The van der Waals surface area contributed by atoms with Gasteiger partial charge < -0.3 is 10.2 Å². The fraction of sp³-hybridized carbons (Fsp3) is 0.556. The van der Waals surface area contributed by atoms with E-state index in [2.05, 4.69) is 5.32 Å². The van der Waals surface area contributed by atoms with Crippen LogP contribution in [0.4, 0.5) is 0 Å². The first-order chi connectivity index (χ1) is 6.24. The highest BCUT2D eigenvalue weighted by atomic mass is 16.2. The third-order valence-electron chi connectivity index (χ3n) is 1.40. The molecule has 0 aliphatic rings. The number of nitrogens with zero attached hydrogens (tertiary/aromatic N) is 1. The maximum absolute atomic E-state index is 11.2. The van der Waals surface area contributed by atoms with Gasteiger partial charge in [-0.05, 0) is 13.3 Å². The number of amides is 1. The number of carbonyl (C=O) groups excluding carboxylic acids is 1. The van der Waals surface area contributed by atoms with Crippen LogP contribution in [0.5, 0.6) is 0 Å². The lowest BCUT2D eigenvalue weighted by atomic mass is 10.4. The minimum Gasteiger partial charge on any atom is -0.355 e. The lowest BCUT2D eigenvalue weighted by Gasteiger charge is -2.12. The molecule has 13 heavy (non-hydrogen) atoms. The Morgan fingerprint density at radius 1 is 1.62 bits per heavy atom. The highest BCUT2D eigenvalue weighted by molar-refractivity contribution is 5.80. The number of nitrogens with one attached hydrogen (secondary N) is 2. The zero-order valence-corrected chi connectivity index (χ0v) is 8.21. The third kappa shape index (κ3) is 5.90. The Kier molecular flexibility index (Phi) is 6.59. The quantitative estimate of drug-likeness (QED) is 0.476. The van der Waals surface area contributed by atoms with E-state index in [0.717, 1.165) is 12.8 Å². The van der Waals surface area contributed by atoms with E-state index in [1.54, 1.807) is 12.3 Å². The molecule has 74 valence electrons. The topological polar surface area (TPSA) is 56.2 Å². The van der Waals surface area contributed by atoms with Gasteiger partial charge in [-0.15, -0.1) is 0 Å². The fourth-order valence-electron chi connectivity index (χ4n) is 0.819. The number of allylic oxidation sites excluding steroid dienone is 1. The second-order valence-electron chi connectivity index (χ2n) is 2.63. The minimum atomic E-state index is -0.0524. The van der Waals surface area contributed by atoms with Gasteiger partial charge in [0.1, 0.15) is 6.54 Å². The van der Waals surface area contributed by atoms with Gasteiger partial charge in [0.25, 0.3) is 0 Å². The zero-order valence-electron chi connectivity index (χ0n) is 8.21. The Hall–Kier alpha value is -1.32. The summed E-state index contributed by atoms with van der Waals surface area (Å²) < 4.78 is 0. The van der Waals surface area contributed by atoms with Gasteiger partial charge in [-0.3, -0.25) is 10.2 Å². The van der Waals surface area contributed by atoms with Crippen molar-refractivity contribution in [1.82, 2.24) is 10.2 Å². The molecular weight excluding hydrogens is 166 g/mol. The average Bonchev–Trinajstić information content (AvgIpc) is 2.14. The monoisotopic (exact) mass is 183 g/mol. The summed E-state index contributed by atoms with van der Waals surface area (Å²) in [6, 6.07) is 0. The lowest BCUT2D eigenvalue weighted by Crippen LogP contribution is -2.34. The van der Waals surface area contributed by atoms with E-state index in [4.69, 9.17) is 5.41 Å². The normalized spacial score (nSPS) is 10.0. The molecule has 0 fully saturated rings. The van der Waals surface area contributed by atoms with Crippen molar-refractivity contribution in [2.75, 3.05) is 13.1 Å². The Morgan fingerprint density at radius 3 is 2.77 bits per heavy atom. The first kappa shape index (κ1) is 11.7. The Bertz CT molecular complexity index is 189. The van der Waals surface area contributed by atoms with Gasteiger partial charge in [0.15, 0.2) is 0 Å². The first-order valence-corrected chi connectivity index (χ1v) is 4.40. The van der Waals surface area contributed by atoms with Crippen LogP contribution in [0.3, 0.4) is 0 Å². The summed E-state index contributed by atoms with van der Waals surface area (Å²) >= 11 is 0. The van der Waals surface area contributed by atoms with Crippen LogP contribution in [0.1, 0.15) is 20.3 Å². The largest absolute Gasteiger partial charge is 0.355 e. The van der Waals surface area contributed by atoms with E-state index < -0.39 is 0 Å². The zero-order chi connectivity index (χ0) is 10.1. The highest BCUT2D eigenvalue weighted by Gasteiger charge is 2.02. The first-order valence-electron chi connectivity index (χ1n) is 4.40. The van der Waals surface area contributed by atoms with E-state index in [1.165, 1.54) is 4.90 Å². The maximum Gasteiger partial charge on any atom is 0.239 e. The van der Waals surface area contributed by atoms with Crippen molar-refractivity contribution in [1.29, 1.82) is 5.41 Å². The SMILES string of the molecule is C/C=C\N(C=N)CC(=O)NCCC. The standard InChI is InChI=1S/C9H17N3O/c1-3-5-11-9(13)7-12(8-10)6-4-2/h4,6,8,10H,3,5,7H2,1-2H3,(H,11,13)/b6-4-,10-8?. The second kappa shape index (κ2) is 7.34. The van der Waals surface area contributed by atoms with Gasteiger partial charge in [-0.2, -0.15) is 0 Å². The summed E-state index contributed by atoms with van der Waals surface area (Å²) in [4.78, 5) is 12.7. The molecule has 0 aromatic carbocycles. The summed E-state index contributed by atoms with van der Waals surface area (Å²) in [5.41, 5.74) is 0. The Labute approximate surface area is 79.1 Å². The summed E-state index contributed by atoms with van der Waals surface area (Å²) in [5.74, 6) is -0.0524. The van der Waals surface area contributed by atoms with Crippen molar-refractivity contribution >= 4 is 12.2 Å². The van der Waals surface area contributed by atoms with E-state index in [0.29, 0.717) is 6.54 Å². The van der Waals surface area contributed by atoms with Crippen molar-refractivity contribution in [3.05, 3.63) is 12.3 Å². The van der Waals surface area contributed by atoms with Crippen molar-refractivity contribution in [2.45, 2.75) is 20.3 Å². The third-order valence-corrected chi connectivity index (χ3v) is 1.40. The van der Waals surface area contributed by atoms with Crippen molar-refractivity contribution < 1.29 is 4.79 Å². The molecule has 0 saturated heterocycles. The van der Waals surface area contributed by atoms with Crippen molar-refractivity contribution in [2.24, 2.45) is 0 Å². The Morgan fingerprint density at radius 2 is 2.31 bits per heavy atom. The van der Waals surface area contributed by atoms with Crippen LogP contribution in [0.15, 0.2) is 12.3 Å². The molecule has 0 saturated carbocycles. The molecule has 0 aliphatic carbocycles. The second-order valence-corrected chi connectivity index (χ2v) is 2.63. The molecule has 2 N–H and O–H groups in total. The number of hydrogen-bond donors (Lipinski definition) is 2. The molecule has 0 radical (unpaired) electrons. The van der Waals surface area contributed by atoms with E-state index in [1.807, 2.05) is 13.8 Å². The lowest BCUT2D eigenvalue weighted by molar-refractivity contribution is -0.121. The van der Waals surface area contributed by atoms with Gasteiger partial charge in [0, 0.05) is 12.7 Å². The molecule has 0 heterocycles. The highest BCUT2D eigenvalue weighted by Crippen LogP contribution is 1.85. The predicted octanol–water partition coefficient (Wildman–Crippen LogP) is 0.955. The fourth-order valence-corrected chi connectivity index (χ4v) is 0.819. The molecule has 4 nitrogen and oxygen atoms in total. The number of hydrogen-bond acceptors (Lipinski definition) is 2. The van der Waals surface area contributed by atoms with E-state index in [9.17, 15) is 4.79 Å². The van der Waals surface area contributed by atoms with Gasteiger partial charge in [-0.1, -0.05) is 13.0 Å². The molecule has 0 aromatic rings. The van der Waals surface area contributed by atoms with Crippen molar-refractivity contribution in [3.8, 4) is 0 Å². The van der Waals surface area contributed by atoms with Crippen molar-refractivity contribution in [3.63, 3.8) is 0 Å². The number of rotatable bonds is 6. The summed E-state index contributed by atoms with van der Waals surface area (Å²) in [5, 5.41) is 9.74. The molecular formula is C9H17N3O. The molecule has 4 heteroatoms. The van der Waals surface area contributed by atoms with Crippen LogP contribution in [-0.4, -0.2) is 30.2 Å². The molecule has 0 aliphatic heterocycles. The predicted molar refractivity (Wildman–Crippen MR) is 53.6 cm³/mol. The van der Waals surface area contributed by atoms with Crippen LogP contribution in [0.2, 0.25) is 0 Å². The smallest absolute Gasteiger partial charge is 0.239 e. The van der Waals surface area contributed by atoms with Crippen LogP contribution in [-0.2, 0) is 4.79 Å². The molecule has 1 amide bonds. The molecule has 0 bridgehead atoms. The van der Waals surface area contributed by atoms with Gasteiger partial charge in [0.2, 0.25) is 5.91 Å². The van der Waals surface area contributed by atoms with Gasteiger partial charge in [0.05, 0.1) is 6.34 Å².